The number of nitrogens with zero attached hydrogens (tertiary/aromatic N) is 1. The zero-order valence-corrected chi connectivity index (χ0v) is 20.3. The lowest BCUT2D eigenvalue weighted by Crippen LogP contribution is -2.50. The third-order valence-corrected chi connectivity index (χ3v) is 12.4. The minimum Gasteiger partial charge on any atom is -0.547 e. The molecule has 30 heavy (non-hydrogen) atoms. The van der Waals surface area contributed by atoms with Gasteiger partial charge in [0.05, 0.1) is 23.3 Å². The van der Waals surface area contributed by atoms with Crippen LogP contribution in [-0.2, 0) is 14.0 Å². The normalized spacial score (nSPS) is 31.3. The molecule has 1 heterocycles. The van der Waals surface area contributed by atoms with Gasteiger partial charge in [-0.2, -0.15) is 0 Å². The molecule has 4 aliphatic rings. The van der Waals surface area contributed by atoms with Crippen molar-refractivity contribution in [2.24, 2.45) is 35.5 Å². The summed E-state index contributed by atoms with van der Waals surface area (Å²) in [6.45, 7) is 15.7. The summed E-state index contributed by atoms with van der Waals surface area (Å²) < 4.78 is 6.76. The second kappa shape index (κ2) is 7.08. The molecular weight excluding hydrogens is 390 g/mol. The van der Waals surface area contributed by atoms with E-state index in [-0.39, 0.29) is 40.5 Å². The van der Waals surface area contributed by atoms with Crippen molar-refractivity contribution in [2.45, 2.75) is 59.2 Å². The standard InChI is InChI=1S/C25H35NO3Si/c1-15(2)17-13-19-20(29-30(6,7)25(3,4)5)14-18(17)21-22(19)24(28)26(23(21)27)16-11-9-8-10-12-16/h8-12,14-15,17-19,21-22H,13H2,1-7H3/t17-,18+,19+,21+,22-/m0/s1. The van der Waals surface area contributed by atoms with Crippen molar-refractivity contribution in [3.63, 3.8) is 0 Å². The van der Waals surface area contributed by atoms with Gasteiger partial charge >= 0.3 is 0 Å². The van der Waals surface area contributed by atoms with Crippen LogP contribution in [0.3, 0.4) is 0 Å². The van der Waals surface area contributed by atoms with Gasteiger partial charge in [-0.1, -0.05) is 52.8 Å². The monoisotopic (exact) mass is 425 g/mol. The predicted molar refractivity (Wildman–Crippen MR) is 122 cm³/mol. The van der Waals surface area contributed by atoms with E-state index in [1.807, 2.05) is 30.3 Å². The van der Waals surface area contributed by atoms with Crippen LogP contribution in [0.1, 0.15) is 41.0 Å². The van der Waals surface area contributed by atoms with E-state index in [4.69, 9.17) is 4.43 Å². The number of allylic oxidation sites excluding steroid dienone is 2. The van der Waals surface area contributed by atoms with Crippen LogP contribution in [0.4, 0.5) is 5.69 Å². The second-order valence-corrected chi connectivity index (χ2v) is 15.9. The van der Waals surface area contributed by atoms with Gasteiger partial charge in [-0.15, -0.1) is 0 Å². The van der Waals surface area contributed by atoms with Crippen LogP contribution in [0, 0.1) is 35.5 Å². The minimum absolute atomic E-state index is 0.00619. The van der Waals surface area contributed by atoms with Crippen molar-refractivity contribution >= 4 is 25.8 Å². The Morgan fingerprint density at radius 1 is 1.03 bits per heavy atom. The molecule has 0 radical (unpaired) electrons. The highest BCUT2D eigenvalue weighted by molar-refractivity contribution is 6.74. The summed E-state index contributed by atoms with van der Waals surface area (Å²) in [4.78, 5) is 28.5. The topological polar surface area (TPSA) is 46.6 Å². The van der Waals surface area contributed by atoms with Crippen molar-refractivity contribution in [1.29, 1.82) is 0 Å². The number of para-hydroxylation sites is 1. The predicted octanol–water partition coefficient (Wildman–Crippen LogP) is 5.62. The van der Waals surface area contributed by atoms with Gasteiger partial charge in [0.25, 0.3) is 0 Å². The smallest absolute Gasteiger partial charge is 0.250 e. The maximum Gasteiger partial charge on any atom is 0.250 e. The number of imide groups is 1. The molecule has 0 spiro atoms. The Morgan fingerprint density at radius 3 is 2.20 bits per heavy atom. The number of amides is 2. The molecule has 162 valence electrons. The maximum atomic E-state index is 13.6. The number of fused-ring (bicyclic) bond motifs is 1. The first-order chi connectivity index (χ1) is 13.9. The number of carbonyl (C=O) groups excluding carboxylic acids is 2. The van der Waals surface area contributed by atoms with Crippen LogP contribution in [0.15, 0.2) is 42.2 Å². The Labute approximate surface area is 181 Å². The van der Waals surface area contributed by atoms with Gasteiger partial charge in [0.2, 0.25) is 20.1 Å². The molecule has 1 aliphatic heterocycles. The molecule has 5 atom stereocenters. The van der Waals surface area contributed by atoms with Gasteiger partial charge < -0.3 is 4.43 Å². The van der Waals surface area contributed by atoms with Crippen LogP contribution in [0.2, 0.25) is 18.1 Å². The Balaban J connectivity index is 1.73. The highest BCUT2D eigenvalue weighted by atomic mass is 28.4. The average Bonchev–Trinajstić information content (AvgIpc) is 2.93. The summed E-state index contributed by atoms with van der Waals surface area (Å²) in [6.07, 6.45) is 3.17. The minimum atomic E-state index is -2.02. The summed E-state index contributed by atoms with van der Waals surface area (Å²) in [6, 6.07) is 9.39. The maximum absolute atomic E-state index is 13.6. The highest BCUT2D eigenvalue weighted by Gasteiger charge is 2.62. The molecule has 1 aromatic carbocycles. The molecule has 5 rings (SSSR count). The van der Waals surface area contributed by atoms with Gasteiger partial charge in [0, 0.05) is 5.92 Å². The van der Waals surface area contributed by atoms with Gasteiger partial charge in [-0.05, 0) is 60.5 Å². The molecule has 3 aliphatic carbocycles. The zero-order chi connectivity index (χ0) is 22.0. The average molecular weight is 426 g/mol. The summed E-state index contributed by atoms with van der Waals surface area (Å²) in [5, 5.41) is 0.0902. The summed E-state index contributed by atoms with van der Waals surface area (Å²) in [5.74, 6) is 1.33. The SMILES string of the molecule is CC(C)[C@@H]1C[C@@H]2C(O[Si](C)(C)C(C)(C)C)=C[C@H]1[C@H]1C(=O)N(c3ccccc3)C(=O)[C@H]12. The molecule has 1 saturated carbocycles. The number of anilines is 1. The van der Waals surface area contributed by atoms with Crippen molar-refractivity contribution in [1.82, 2.24) is 0 Å². The number of carbonyl (C=O) groups is 2. The first-order valence-electron chi connectivity index (χ1n) is 11.3. The lowest BCUT2D eigenvalue weighted by Gasteiger charge is -2.50. The van der Waals surface area contributed by atoms with Crippen LogP contribution in [0.5, 0.6) is 0 Å². The third kappa shape index (κ3) is 3.17. The van der Waals surface area contributed by atoms with E-state index in [9.17, 15) is 9.59 Å². The van der Waals surface area contributed by atoms with Crippen molar-refractivity contribution in [3.05, 3.63) is 42.2 Å². The molecule has 0 unspecified atom stereocenters. The molecule has 1 aromatic rings. The molecule has 4 nitrogen and oxygen atoms in total. The molecule has 0 N–H and O–H groups in total. The summed E-state index contributed by atoms with van der Waals surface area (Å²) in [5.41, 5.74) is 0.689. The van der Waals surface area contributed by atoms with Crippen molar-refractivity contribution in [3.8, 4) is 0 Å². The zero-order valence-electron chi connectivity index (χ0n) is 19.3. The second-order valence-electron chi connectivity index (χ2n) is 11.2. The molecule has 1 saturated heterocycles. The van der Waals surface area contributed by atoms with Gasteiger partial charge in [-0.25, -0.2) is 0 Å². The van der Waals surface area contributed by atoms with Crippen LogP contribution in [0.25, 0.3) is 0 Å². The summed E-state index contributed by atoms with van der Waals surface area (Å²) in [7, 11) is -2.02. The van der Waals surface area contributed by atoms with Crippen molar-refractivity contribution < 1.29 is 14.0 Å². The Hall–Kier alpha value is -1.88. The quantitative estimate of drug-likeness (QED) is 0.465. The Kier molecular flexibility index (Phi) is 5.04. The van der Waals surface area contributed by atoms with Gasteiger partial charge in [0.1, 0.15) is 0 Å². The number of hydrogen-bond donors (Lipinski definition) is 0. The number of benzene rings is 1. The molecule has 2 amide bonds. The third-order valence-electron chi connectivity index (χ3n) is 8.04. The molecule has 5 heteroatoms. The molecular formula is C25H35NO3Si. The number of rotatable bonds is 4. The van der Waals surface area contributed by atoms with E-state index in [0.717, 1.165) is 12.2 Å². The van der Waals surface area contributed by atoms with E-state index in [1.54, 1.807) is 0 Å². The van der Waals surface area contributed by atoms with E-state index in [1.165, 1.54) is 4.90 Å². The van der Waals surface area contributed by atoms with Crippen LogP contribution in [-0.4, -0.2) is 20.1 Å². The Morgan fingerprint density at radius 2 is 1.63 bits per heavy atom. The van der Waals surface area contributed by atoms with Gasteiger partial charge in [-0.3, -0.25) is 14.5 Å². The van der Waals surface area contributed by atoms with Gasteiger partial charge in [0.15, 0.2) is 0 Å². The van der Waals surface area contributed by atoms with E-state index >= 15 is 0 Å². The van der Waals surface area contributed by atoms with E-state index < -0.39 is 8.32 Å². The lowest BCUT2D eigenvalue weighted by atomic mass is 9.56. The van der Waals surface area contributed by atoms with Crippen LogP contribution < -0.4 is 4.90 Å². The molecule has 2 bridgehead atoms. The first-order valence-corrected chi connectivity index (χ1v) is 14.2. The van der Waals surface area contributed by atoms with E-state index in [0.29, 0.717) is 17.5 Å². The van der Waals surface area contributed by atoms with E-state index in [2.05, 4.69) is 53.8 Å². The first kappa shape index (κ1) is 21.4. The molecule has 2 fully saturated rings. The number of hydrogen-bond acceptors (Lipinski definition) is 3. The Bertz CT molecular complexity index is 883. The fourth-order valence-electron chi connectivity index (χ4n) is 5.34. The molecule has 0 aromatic heterocycles. The van der Waals surface area contributed by atoms with Crippen molar-refractivity contribution in [2.75, 3.05) is 4.90 Å². The lowest BCUT2D eigenvalue weighted by molar-refractivity contribution is -0.128. The largest absolute Gasteiger partial charge is 0.547 e. The fourth-order valence-corrected chi connectivity index (χ4v) is 6.46. The fraction of sp³-hybridized carbons (Fsp3) is 0.600. The highest BCUT2D eigenvalue weighted by Crippen LogP contribution is 2.58. The summed E-state index contributed by atoms with van der Waals surface area (Å²) >= 11 is 0. The van der Waals surface area contributed by atoms with Crippen LogP contribution >= 0.6 is 0 Å².